The number of rotatable bonds is 4. The lowest BCUT2D eigenvalue weighted by Gasteiger charge is -2.34. The Bertz CT molecular complexity index is 1090. The van der Waals surface area contributed by atoms with Crippen molar-refractivity contribution in [1.29, 1.82) is 5.26 Å². The minimum Gasteiger partial charge on any atom is -0.477 e. The first-order valence-electron chi connectivity index (χ1n) is 8.33. The molecular formula is C19H12F7N3O. The van der Waals surface area contributed by atoms with Gasteiger partial charge in [-0.15, -0.1) is 0 Å². The summed E-state index contributed by atoms with van der Waals surface area (Å²) in [6, 6.07) is 6.09. The van der Waals surface area contributed by atoms with E-state index in [4.69, 9.17) is 10.00 Å². The van der Waals surface area contributed by atoms with Crippen molar-refractivity contribution in [3.05, 3.63) is 65.3 Å². The molecule has 0 bridgehead atoms. The zero-order valence-electron chi connectivity index (χ0n) is 14.9. The maximum Gasteiger partial charge on any atom is 0.458 e. The van der Waals surface area contributed by atoms with E-state index < -0.39 is 36.6 Å². The Kier molecular flexibility index (Phi) is 5.36. The first-order valence-corrected chi connectivity index (χ1v) is 8.33. The number of pyridine rings is 1. The number of alkyl halides is 7. The quantitative estimate of drug-likeness (QED) is 0.530. The summed E-state index contributed by atoms with van der Waals surface area (Å²) in [6.45, 7) is -2.68. The topological polar surface area (TPSA) is 50.3 Å². The van der Waals surface area contributed by atoms with Gasteiger partial charge in [0.05, 0.1) is 5.70 Å². The Labute approximate surface area is 165 Å². The average Bonchev–Trinajstić information content (AvgIpc) is 2.72. The highest BCUT2D eigenvalue weighted by atomic mass is 19.4. The van der Waals surface area contributed by atoms with Crippen LogP contribution in [-0.4, -0.2) is 29.7 Å². The molecule has 1 aromatic carbocycles. The summed E-state index contributed by atoms with van der Waals surface area (Å²) in [5.74, 6) is -5.48. The zero-order valence-corrected chi connectivity index (χ0v) is 14.9. The van der Waals surface area contributed by atoms with Crippen LogP contribution in [-0.2, 0) is 5.92 Å². The number of halogens is 7. The Morgan fingerprint density at radius 2 is 1.77 bits per heavy atom. The van der Waals surface area contributed by atoms with E-state index in [1.165, 1.54) is 30.6 Å². The van der Waals surface area contributed by atoms with Gasteiger partial charge in [-0.05, 0) is 36.4 Å². The molecule has 2 heterocycles. The number of aromatic nitrogens is 1. The number of nitrogens with zero attached hydrogens (tertiary/aromatic N) is 3. The molecule has 1 aliphatic rings. The number of fused-ring (bicyclic) bond motifs is 1. The summed E-state index contributed by atoms with van der Waals surface area (Å²) in [7, 11) is 0. The fourth-order valence-corrected chi connectivity index (χ4v) is 2.90. The zero-order chi connectivity index (χ0) is 22.2. The largest absolute Gasteiger partial charge is 0.477 e. The normalized spacial score (nSPS) is 16.3. The summed E-state index contributed by atoms with van der Waals surface area (Å²) < 4.78 is 99.9. The van der Waals surface area contributed by atoms with Gasteiger partial charge in [0.25, 0.3) is 0 Å². The molecule has 1 aliphatic heterocycles. The monoisotopic (exact) mass is 431 g/mol. The van der Waals surface area contributed by atoms with E-state index >= 15 is 0 Å². The van der Waals surface area contributed by atoms with Crippen molar-refractivity contribution in [3.8, 4) is 11.9 Å². The Balaban J connectivity index is 2.31. The third kappa shape index (κ3) is 3.53. The van der Waals surface area contributed by atoms with E-state index in [1.807, 2.05) is 0 Å². The predicted molar refractivity (Wildman–Crippen MR) is 90.7 cm³/mol. The number of hydrogen-bond donors (Lipinski definition) is 0. The van der Waals surface area contributed by atoms with Crippen molar-refractivity contribution in [2.75, 3.05) is 13.3 Å². The van der Waals surface area contributed by atoms with Crippen LogP contribution in [0, 0.1) is 11.5 Å². The molecule has 2 aromatic rings. The summed E-state index contributed by atoms with van der Waals surface area (Å²) >= 11 is 0. The van der Waals surface area contributed by atoms with Crippen molar-refractivity contribution in [3.63, 3.8) is 0 Å². The Morgan fingerprint density at radius 1 is 1.07 bits per heavy atom. The van der Waals surface area contributed by atoms with Gasteiger partial charge >= 0.3 is 12.1 Å². The van der Waals surface area contributed by atoms with E-state index in [2.05, 4.69) is 4.99 Å². The summed E-state index contributed by atoms with van der Waals surface area (Å²) in [5.41, 5.74) is -3.99. The van der Waals surface area contributed by atoms with Gasteiger partial charge in [0, 0.05) is 17.3 Å². The second-order valence-electron chi connectivity index (χ2n) is 6.39. The summed E-state index contributed by atoms with van der Waals surface area (Å²) in [5, 5.41) is 8.85. The van der Waals surface area contributed by atoms with E-state index in [1.54, 1.807) is 0 Å². The second kappa shape index (κ2) is 7.51. The van der Waals surface area contributed by atoms with Gasteiger partial charge in [-0.25, -0.2) is 8.78 Å². The van der Waals surface area contributed by atoms with Crippen LogP contribution in [0.1, 0.15) is 11.1 Å². The lowest BCUT2D eigenvalue weighted by molar-refractivity contribution is -0.289. The molecule has 158 valence electrons. The third-order valence-corrected chi connectivity index (χ3v) is 4.40. The van der Waals surface area contributed by atoms with Gasteiger partial charge in [-0.1, -0.05) is 6.07 Å². The first-order chi connectivity index (χ1) is 14.1. The fourth-order valence-electron chi connectivity index (χ4n) is 2.90. The Hall–Kier alpha value is -3.29. The molecule has 1 aromatic heterocycles. The van der Waals surface area contributed by atoms with E-state index in [9.17, 15) is 30.7 Å². The van der Waals surface area contributed by atoms with Crippen LogP contribution in [0.15, 0.2) is 53.7 Å². The van der Waals surface area contributed by atoms with Crippen LogP contribution in [0.2, 0.25) is 0 Å². The molecule has 30 heavy (non-hydrogen) atoms. The van der Waals surface area contributed by atoms with E-state index in [0.717, 1.165) is 16.7 Å². The average molecular weight is 431 g/mol. The molecule has 0 atom stereocenters. The minimum atomic E-state index is -5.86. The number of hydrogen-bond acceptors (Lipinski definition) is 3. The highest BCUT2D eigenvalue weighted by Gasteiger charge is 2.59. The van der Waals surface area contributed by atoms with Crippen LogP contribution < -0.4 is 10.2 Å². The lowest BCUT2D eigenvalue weighted by atomic mass is 9.94. The van der Waals surface area contributed by atoms with Crippen LogP contribution in [0.25, 0.3) is 5.70 Å². The van der Waals surface area contributed by atoms with Crippen molar-refractivity contribution in [1.82, 2.24) is 4.57 Å². The molecule has 0 unspecified atom stereocenters. The number of benzene rings is 1. The maximum absolute atomic E-state index is 13.9. The molecule has 0 saturated heterocycles. The van der Waals surface area contributed by atoms with Crippen LogP contribution in [0.3, 0.4) is 0 Å². The van der Waals surface area contributed by atoms with Gasteiger partial charge in [0.2, 0.25) is 6.19 Å². The molecule has 0 radical (unpaired) electrons. The molecule has 0 amide bonds. The van der Waals surface area contributed by atoms with Crippen molar-refractivity contribution < 1.29 is 35.5 Å². The van der Waals surface area contributed by atoms with Crippen molar-refractivity contribution in [2.24, 2.45) is 4.99 Å². The highest BCUT2D eigenvalue weighted by molar-refractivity contribution is 5.74. The van der Waals surface area contributed by atoms with Gasteiger partial charge in [0.1, 0.15) is 24.6 Å². The first kappa shape index (κ1) is 21.4. The minimum absolute atomic E-state index is 0.0429. The molecule has 0 spiro atoms. The molecule has 0 saturated carbocycles. The van der Waals surface area contributed by atoms with Crippen molar-refractivity contribution in [2.45, 2.75) is 17.7 Å². The molecular weight excluding hydrogens is 419 g/mol. The Morgan fingerprint density at radius 3 is 2.37 bits per heavy atom. The van der Waals surface area contributed by atoms with Gasteiger partial charge in [0.15, 0.2) is 5.60 Å². The standard InChI is InChI=1S/C19H12F7N3O/c20-9-17(10-21)8-14(29-6-2-1-3-16(29)28-11-27)13-7-12(4-5-15(13)30-17)18(22,23)19(24,25)26/h1-8H,9-10H2. The smallest absolute Gasteiger partial charge is 0.458 e. The molecule has 4 nitrogen and oxygen atoms in total. The van der Waals surface area contributed by atoms with Gasteiger partial charge in [-0.2, -0.15) is 32.2 Å². The number of ether oxygens (including phenoxy) is 1. The predicted octanol–water partition coefficient (Wildman–Crippen LogP) is 4.48. The van der Waals surface area contributed by atoms with Gasteiger partial charge in [-0.3, -0.25) is 0 Å². The highest BCUT2D eigenvalue weighted by Crippen LogP contribution is 2.46. The third-order valence-electron chi connectivity index (χ3n) is 4.40. The maximum atomic E-state index is 13.9. The molecule has 11 heteroatoms. The lowest BCUT2D eigenvalue weighted by Crippen LogP contribution is -2.42. The fraction of sp³-hybridized carbons (Fsp3) is 0.263. The summed E-state index contributed by atoms with van der Waals surface area (Å²) in [4.78, 5) is 3.54. The van der Waals surface area contributed by atoms with E-state index in [-0.39, 0.29) is 22.5 Å². The van der Waals surface area contributed by atoms with Crippen LogP contribution >= 0.6 is 0 Å². The molecule has 0 N–H and O–H groups in total. The molecule has 0 fully saturated rings. The SMILES string of the molecule is N#CN=c1ccccn1C1=CC(CF)(CF)Oc2ccc(C(F)(F)C(F)(F)F)cc21. The second-order valence-corrected chi connectivity index (χ2v) is 6.39. The molecule has 3 rings (SSSR count). The van der Waals surface area contributed by atoms with E-state index in [0.29, 0.717) is 12.1 Å². The van der Waals surface area contributed by atoms with Crippen molar-refractivity contribution >= 4 is 5.70 Å². The van der Waals surface area contributed by atoms with Gasteiger partial charge < -0.3 is 9.30 Å². The number of nitriles is 1. The van der Waals surface area contributed by atoms with Crippen LogP contribution in [0.4, 0.5) is 30.7 Å². The van der Waals surface area contributed by atoms with Crippen LogP contribution in [0.5, 0.6) is 5.75 Å². The molecule has 0 aliphatic carbocycles. The summed E-state index contributed by atoms with van der Waals surface area (Å²) in [6.07, 6.45) is -2.09.